The first kappa shape index (κ1) is 12.4. The molecule has 0 saturated carbocycles. The molecule has 0 unspecified atom stereocenters. The third-order valence-electron chi connectivity index (χ3n) is 3.91. The van der Waals surface area contributed by atoms with Gasteiger partial charge in [0.1, 0.15) is 0 Å². The summed E-state index contributed by atoms with van der Waals surface area (Å²) in [5, 5.41) is 0. The smallest absolute Gasteiger partial charge is 0.0120 e. The lowest BCUT2D eigenvalue weighted by Crippen LogP contribution is -2.45. The summed E-state index contributed by atoms with van der Waals surface area (Å²) >= 11 is 0. The molecule has 2 heteroatoms. The molecule has 2 saturated heterocycles. The normalized spacial score (nSPS) is 26.4. The van der Waals surface area contributed by atoms with Crippen molar-refractivity contribution in [2.24, 2.45) is 5.41 Å². The molecule has 2 fully saturated rings. The van der Waals surface area contributed by atoms with E-state index >= 15 is 0 Å². The Hall–Kier alpha value is -0.0800. The van der Waals surface area contributed by atoms with E-state index < -0.39 is 0 Å². The Bertz CT molecular complexity index is 205. The second-order valence-electron chi connectivity index (χ2n) is 6.81. The number of hydrogen-bond donors (Lipinski definition) is 0. The van der Waals surface area contributed by atoms with E-state index in [2.05, 4.69) is 30.6 Å². The van der Waals surface area contributed by atoms with Crippen molar-refractivity contribution in [2.75, 3.05) is 32.7 Å². The number of nitrogens with zero attached hydrogens (tertiary/aromatic N) is 2. The molecule has 2 heterocycles. The predicted octanol–water partition coefficient (Wildman–Crippen LogP) is 2.59. The zero-order valence-electron chi connectivity index (χ0n) is 11.3. The fraction of sp³-hybridized carbons (Fsp3) is 1.00. The van der Waals surface area contributed by atoms with Crippen LogP contribution in [0.2, 0.25) is 0 Å². The average Bonchev–Trinajstić information content (AvgIpc) is 2.69. The summed E-state index contributed by atoms with van der Waals surface area (Å²) < 4.78 is 0. The maximum atomic E-state index is 2.73. The highest BCUT2D eigenvalue weighted by Gasteiger charge is 2.27. The topological polar surface area (TPSA) is 6.48 Å². The highest BCUT2D eigenvalue weighted by Crippen LogP contribution is 2.23. The fourth-order valence-electron chi connectivity index (χ4n) is 3.22. The minimum Gasteiger partial charge on any atom is -0.303 e. The summed E-state index contributed by atoms with van der Waals surface area (Å²) in [6.45, 7) is 13.7. The van der Waals surface area contributed by atoms with E-state index in [1.807, 2.05) is 0 Å². The molecular weight excluding hydrogens is 196 g/mol. The van der Waals surface area contributed by atoms with Crippen LogP contribution in [0.3, 0.4) is 0 Å². The maximum Gasteiger partial charge on any atom is 0.0120 e. The number of piperidine rings is 1. The zero-order valence-corrected chi connectivity index (χ0v) is 11.3. The van der Waals surface area contributed by atoms with Gasteiger partial charge >= 0.3 is 0 Å². The largest absolute Gasteiger partial charge is 0.303 e. The van der Waals surface area contributed by atoms with E-state index in [-0.39, 0.29) is 0 Å². The molecule has 0 spiro atoms. The van der Waals surface area contributed by atoms with Crippen LogP contribution in [0.4, 0.5) is 0 Å². The van der Waals surface area contributed by atoms with Crippen LogP contribution < -0.4 is 0 Å². The van der Waals surface area contributed by atoms with Crippen molar-refractivity contribution in [1.82, 2.24) is 9.80 Å². The molecule has 16 heavy (non-hydrogen) atoms. The molecule has 2 aliphatic rings. The second kappa shape index (κ2) is 5.05. The quantitative estimate of drug-likeness (QED) is 0.711. The molecule has 94 valence electrons. The van der Waals surface area contributed by atoms with Gasteiger partial charge in [0.15, 0.2) is 0 Å². The van der Waals surface area contributed by atoms with Crippen molar-refractivity contribution >= 4 is 0 Å². The van der Waals surface area contributed by atoms with Gasteiger partial charge in [0.05, 0.1) is 0 Å². The molecule has 2 nitrogen and oxygen atoms in total. The van der Waals surface area contributed by atoms with Crippen LogP contribution in [0.15, 0.2) is 0 Å². The molecule has 0 aromatic rings. The van der Waals surface area contributed by atoms with Gasteiger partial charge in [-0.2, -0.15) is 0 Å². The first-order valence-electron chi connectivity index (χ1n) is 7.01. The minimum atomic E-state index is 0.459. The lowest BCUT2D eigenvalue weighted by molar-refractivity contribution is 0.102. The van der Waals surface area contributed by atoms with Crippen LogP contribution in [0.5, 0.6) is 0 Å². The molecule has 0 bridgehead atoms. The van der Waals surface area contributed by atoms with Crippen molar-refractivity contribution in [3.8, 4) is 0 Å². The summed E-state index contributed by atoms with van der Waals surface area (Å²) in [7, 11) is 0. The van der Waals surface area contributed by atoms with Gasteiger partial charge in [-0.25, -0.2) is 0 Å². The monoisotopic (exact) mass is 224 g/mol. The Morgan fingerprint density at radius 1 is 0.938 bits per heavy atom. The van der Waals surface area contributed by atoms with Crippen LogP contribution in [0, 0.1) is 5.41 Å². The van der Waals surface area contributed by atoms with E-state index in [1.54, 1.807) is 0 Å². The van der Waals surface area contributed by atoms with E-state index in [9.17, 15) is 0 Å². The lowest BCUT2D eigenvalue weighted by Gasteiger charge is -2.39. The van der Waals surface area contributed by atoms with E-state index in [1.165, 1.54) is 58.4 Å². The van der Waals surface area contributed by atoms with E-state index in [0.29, 0.717) is 5.41 Å². The molecule has 0 aromatic heterocycles. The van der Waals surface area contributed by atoms with Gasteiger partial charge in [-0.15, -0.1) is 0 Å². The van der Waals surface area contributed by atoms with Crippen molar-refractivity contribution in [3.63, 3.8) is 0 Å². The SMILES string of the molecule is CC(C)(C)CN1CCC(N2CCCC2)CC1. The molecule has 0 atom stereocenters. The van der Waals surface area contributed by atoms with Gasteiger partial charge in [-0.1, -0.05) is 20.8 Å². The second-order valence-corrected chi connectivity index (χ2v) is 6.81. The van der Waals surface area contributed by atoms with Crippen molar-refractivity contribution in [2.45, 2.75) is 52.5 Å². The molecular formula is C14H28N2. The van der Waals surface area contributed by atoms with E-state index in [4.69, 9.17) is 0 Å². The average molecular weight is 224 g/mol. The summed E-state index contributed by atoms with van der Waals surface area (Å²) in [5.74, 6) is 0. The van der Waals surface area contributed by atoms with Crippen LogP contribution >= 0.6 is 0 Å². The summed E-state index contributed by atoms with van der Waals surface area (Å²) in [6, 6.07) is 0.902. The lowest BCUT2D eigenvalue weighted by atomic mass is 9.94. The van der Waals surface area contributed by atoms with Crippen LogP contribution in [0.1, 0.15) is 46.5 Å². The highest BCUT2D eigenvalue weighted by atomic mass is 15.2. The van der Waals surface area contributed by atoms with Crippen molar-refractivity contribution in [3.05, 3.63) is 0 Å². The third kappa shape index (κ3) is 3.46. The number of likely N-dealkylation sites (tertiary alicyclic amines) is 2. The van der Waals surface area contributed by atoms with Crippen molar-refractivity contribution in [1.29, 1.82) is 0 Å². The Balaban J connectivity index is 1.74. The Morgan fingerprint density at radius 2 is 1.50 bits per heavy atom. The van der Waals surface area contributed by atoms with E-state index in [0.717, 1.165) is 6.04 Å². The standard InChI is InChI=1S/C14H28N2/c1-14(2,3)12-15-10-6-13(7-11-15)16-8-4-5-9-16/h13H,4-12H2,1-3H3. The van der Waals surface area contributed by atoms with Gasteiger partial charge in [0.2, 0.25) is 0 Å². The number of rotatable bonds is 2. The third-order valence-corrected chi connectivity index (χ3v) is 3.91. The minimum absolute atomic E-state index is 0.459. The summed E-state index contributed by atoms with van der Waals surface area (Å²) in [5.41, 5.74) is 0.459. The Morgan fingerprint density at radius 3 is 2.00 bits per heavy atom. The number of hydrogen-bond acceptors (Lipinski definition) is 2. The molecule has 0 radical (unpaired) electrons. The van der Waals surface area contributed by atoms with Gasteiger partial charge < -0.3 is 9.80 Å². The first-order valence-corrected chi connectivity index (χ1v) is 7.01. The Labute approximate surface area is 101 Å². The summed E-state index contributed by atoms with van der Waals surface area (Å²) in [6.07, 6.45) is 5.66. The molecule has 0 aromatic carbocycles. The Kier molecular flexibility index (Phi) is 3.91. The molecule has 0 N–H and O–H groups in total. The molecule has 2 rings (SSSR count). The molecule has 0 aliphatic carbocycles. The van der Waals surface area contributed by atoms with Crippen LogP contribution in [-0.2, 0) is 0 Å². The van der Waals surface area contributed by atoms with Crippen molar-refractivity contribution < 1.29 is 0 Å². The molecule has 0 amide bonds. The zero-order chi connectivity index (χ0) is 11.6. The van der Waals surface area contributed by atoms with Gasteiger partial charge in [0.25, 0.3) is 0 Å². The van der Waals surface area contributed by atoms with Gasteiger partial charge in [-0.3, -0.25) is 0 Å². The van der Waals surface area contributed by atoms with Crippen LogP contribution in [-0.4, -0.2) is 48.6 Å². The molecule has 2 aliphatic heterocycles. The fourth-order valence-corrected chi connectivity index (χ4v) is 3.22. The van der Waals surface area contributed by atoms with Gasteiger partial charge in [-0.05, 0) is 57.3 Å². The van der Waals surface area contributed by atoms with Crippen LogP contribution in [0.25, 0.3) is 0 Å². The maximum absolute atomic E-state index is 2.73. The highest BCUT2D eigenvalue weighted by molar-refractivity contribution is 4.83. The predicted molar refractivity (Wildman–Crippen MR) is 69.7 cm³/mol. The summed E-state index contributed by atoms with van der Waals surface area (Å²) in [4.78, 5) is 5.39. The van der Waals surface area contributed by atoms with Gasteiger partial charge in [0, 0.05) is 12.6 Å². The first-order chi connectivity index (χ1) is 7.54.